The molecule has 0 aliphatic rings. The molecular formula is C23H19N3O3S. The number of rotatable bonds is 7. The predicted octanol–water partition coefficient (Wildman–Crippen LogP) is 5.20. The molecule has 2 aromatic heterocycles. The zero-order chi connectivity index (χ0) is 20.8. The van der Waals surface area contributed by atoms with Crippen molar-refractivity contribution in [2.75, 3.05) is 12.4 Å². The van der Waals surface area contributed by atoms with Gasteiger partial charge in [-0.2, -0.15) is 0 Å². The lowest BCUT2D eigenvalue weighted by molar-refractivity contribution is -0.139. The van der Waals surface area contributed by atoms with Crippen LogP contribution in [0.1, 0.15) is 11.4 Å². The summed E-state index contributed by atoms with van der Waals surface area (Å²) in [6, 6.07) is 19.2. The lowest BCUT2D eigenvalue weighted by Crippen LogP contribution is -2.01. The quantitative estimate of drug-likeness (QED) is 0.329. The molecule has 0 radical (unpaired) electrons. The molecule has 1 N–H and O–H groups in total. The number of carbonyl (C=O) groups is 1. The minimum atomic E-state index is -0.442. The van der Waals surface area contributed by atoms with E-state index in [1.54, 1.807) is 13.2 Å². The molecule has 4 rings (SSSR count). The van der Waals surface area contributed by atoms with E-state index in [9.17, 15) is 4.79 Å². The summed E-state index contributed by atoms with van der Waals surface area (Å²) < 4.78 is 10.4. The Kier molecular flexibility index (Phi) is 6.01. The number of hydrogen-bond acceptors (Lipinski definition) is 7. The summed E-state index contributed by atoms with van der Waals surface area (Å²) in [6.07, 6.45) is 3.02. The number of para-hydroxylation sites is 1. The molecule has 0 bridgehead atoms. The van der Waals surface area contributed by atoms with Crippen LogP contribution in [0.5, 0.6) is 5.75 Å². The summed E-state index contributed by atoms with van der Waals surface area (Å²) in [4.78, 5) is 21.0. The van der Waals surface area contributed by atoms with Crippen molar-refractivity contribution < 1.29 is 14.3 Å². The van der Waals surface area contributed by atoms with Gasteiger partial charge in [0.15, 0.2) is 5.13 Å². The zero-order valence-corrected chi connectivity index (χ0v) is 17.1. The second-order valence-electron chi connectivity index (χ2n) is 6.37. The van der Waals surface area contributed by atoms with Crippen molar-refractivity contribution in [3.8, 4) is 5.75 Å². The largest absolute Gasteiger partial charge is 0.497 e. The van der Waals surface area contributed by atoms with Crippen molar-refractivity contribution in [2.24, 2.45) is 0 Å². The fourth-order valence-electron chi connectivity index (χ4n) is 2.75. The molecule has 0 unspecified atom stereocenters. The number of esters is 1. The van der Waals surface area contributed by atoms with Gasteiger partial charge in [0.2, 0.25) is 0 Å². The third-order valence-corrected chi connectivity index (χ3v) is 5.07. The molecule has 0 amide bonds. The first kappa shape index (κ1) is 19.6. The summed E-state index contributed by atoms with van der Waals surface area (Å²) in [5, 5.41) is 6.85. The van der Waals surface area contributed by atoms with Crippen molar-refractivity contribution in [3.05, 3.63) is 83.5 Å². The first-order valence-electron chi connectivity index (χ1n) is 9.26. The Labute approximate surface area is 177 Å². The number of ether oxygens (including phenoxy) is 2. The van der Waals surface area contributed by atoms with Crippen LogP contribution in [0, 0.1) is 0 Å². The van der Waals surface area contributed by atoms with E-state index in [-0.39, 0.29) is 6.61 Å². The minimum absolute atomic E-state index is 0.106. The number of thiazole rings is 1. The molecule has 150 valence electrons. The molecule has 0 atom stereocenters. The van der Waals surface area contributed by atoms with Gasteiger partial charge in [-0.1, -0.05) is 24.3 Å². The fourth-order valence-corrected chi connectivity index (χ4v) is 3.46. The average Bonchev–Trinajstić information content (AvgIpc) is 3.24. The highest BCUT2D eigenvalue weighted by atomic mass is 32.1. The number of nitrogens with zero attached hydrogens (tertiary/aromatic N) is 2. The Hall–Kier alpha value is -3.71. The number of pyridine rings is 1. The van der Waals surface area contributed by atoms with E-state index in [0.717, 1.165) is 27.5 Å². The summed E-state index contributed by atoms with van der Waals surface area (Å²) in [5.74, 6) is 0.349. The molecule has 0 aliphatic carbocycles. The van der Waals surface area contributed by atoms with Crippen molar-refractivity contribution in [1.82, 2.24) is 9.97 Å². The van der Waals surface area contributed by atoms with Crippen LogP contribution in [0.15, 0.2) is 72.1 Å². The first-order valence-corrected chi connectivity index (χ1v) is 10.1. The van der Waals surface area contributed by atoms with Crippen LogP contribution >= 0.6 is 11.3 Å². The maximum atomic E-state index is 12.0. The first-order chi connectivity index (χ1) is 14.7. The Morgan fingerprint density at radius 2 is 1.90 bits per heavy atom. The van der Waals surface area contributed by atoms with Gasteiger partial charge in [0.1, 0.15) is 12.4 Å². The average molecular weight is 417 g/mol. The number of aromatic nitrogens is 2. The van der Waals surface area contributed by atoms with E-state index >= 15 is 0 Å². The molecule has 2 heterocycles. The number of nitrogens with one attached hydrogen (secondary N) is 1. The molecule has 0 spiro atoms. The Morgan fingerprint density at radius 3 is 2.73 bits per heavy atom. The van der Waals surface area contributed by atoms with E-state index in [4.69, 9.17) is 9.47 Å². The predicted molar refractivity (Wildman–Crippen MR) is 119 cm³/mol. The highest BCUT2D eigenvalue weighted by Crippen LogP contribution is 2.23. The number of anilines is 2. The summed E-state index contributed by atoms with van der Waals surface area (Å²) in [7, 11) is 1.63. The van der Waals surface area contributed by atoms with Gasteiger partial charge in [-0.3, -0.25) is 0 Å². The normalized spacial score (nSPS) is 11.0. The van der Waals surface area contributed by atoms with Crippen LogP contribution in [0.25, 0.3) is 17.0 Å². The van der Waals surface area contributed by atoms with E-state index in [2.05, 4.69) is 15.3 Å². The van der Waals surface area contributed by atoms with Crippen LogP contribution in [0.4, 0.5) is 10.8 Å². The standard InChI is InChI=1S/C23H19N3O3S/c1-28-20-11-8-18(9-12-20)25-23-26-19(15-30-23)14-29-22(27)13-10-17-7-6-16-4-2-3-5-21(16)24-17/h2-13,15H,14H2,1H3,(H,25,26)/b13-10+. The van der Waals surface area contributed by atoms with E-state index in [1.165, 1.54) is 17.4 Å². The third-order valence-electron chi connectivity index (χ3n) is 4.27. The molecule has 4 aromatic rings. The molecule has 6 nitrogen and oxygen atoms in total. The van der Waals surface area contributed by atoms with Crippen molar-refractivity contribution in [3.63, 3.8) is 0 Å². The second kappa shape index (κ2) is 9.19. The molecule has 0 fully saturated rings. The molecule has 30 heavy (non-hydrogen) atoms. The van der Waals surface area contributed by atoms with Gasteiger partial charge >= 0.3 is 5.97 Å². The zero-order valence-electron chi connectivity index (χ0n) is 16.2. The Bertz CT molecular complexity index is 1190. The molecule has 0 aliphatic heterocycles. The van der Waals surface area contributed by atoms with Gasteiger partial charge < -0.3 is 14.8 Å². The van der Waals surface area contributed by atoms with Gasteiger partial charge in [-0.25, -0.2) is 14.8 Å². The van der Waals surface area contributed by atoms with Crippen molar-refractivity contribution in [1.29, 1.82) is 0 Å². The molecule has 0 saturated heterocycles. The topological polar surface area (TPSA) is 73.3 Å². The van der Waals surface area contributed by atoms with Crippen LogP contribution in [0.3, 0.4) is 0 Å². The van der Waals surface area contributed by atoms with Crippen molar-refractivity contribution in [2.45, 2.75) is 6.61 Å². The van der Waals surface area contributed by atoms with Crippen LogP contribution in [0.2, 0.25) is 0 Å². The van der Waals surface area contributed by atoms with Crippen LogP contribution in [-0.4, -0.2) is 23.0 Å². The number of methoxy groups -OCH3 is 1. The molecule has 7 heteroatoms. The highest BCUT2D eigenvalue weighted by molar-refractivity contribution is 7.13. The lowest BCUT2D eigenvalue weighted by atomic mass is 10.2. The Morgan fingerprint density at radius 1 is 1.07 bits per heavy atom. The fraction of sp³-hybridized carbons (Fsp3) is 0.0870. The number of hydrogen-bond donors (Lipinski definition) is 1. The SMILES string of the molecule is COc1ccc(Nc2nc(COC(=O)/C=C/c3ccc4ccccc4n3)cs2)cc1. The van der Waals surface area contributed by atoms with Gasteiger partial charge in [0, 0.05) is 22.5 Å². The monoisotopic (exact) mass is 417 g/mol. The van der Waals surface area contributed by atoms with Crippen LogP contribution < -0.4 is 10.1 Å². The number of carbonyl (C=O) groups excluding carboxylic acids is 1. The van der Waals surface area contributed by atoms with E-state index < -0.39 is 5.97 Å². The lowest BCUT2D eigenvalue weighted by Gasteiger charge is -2.04. The Balaban J connectivity index is 1.30. The summed E-state index contributed by atoms with van der Waals surface area (Å²) in [6.45, 7) is 0.106. The van der Waals surface area contributed by atoms with Gasteiger partial charge in [-0.05, 0) is 42.5 Å². The smallest absolute Gasteiger partial charge is 0.331 e. The third kappa shape index (κ3) is 5.01. The van der Waals surface area contributed by atoms with Gasteiger partial charge in [0.25, 0.3) is 0 Å². The summed E-state index contributed by atoms with van der Waals surface area (Å²) >= 11 is 1.44. The minimum Gasteiger partial charge on any atom is -0.497 e. The second-order valence-corrected chi connectivity index (χ2v) is 7.23. The van der Waals surface area contributed by atoms with Crippen LogP contribution in [-0.2, 0) is 16.1 Å². The maximum Gasteiger partial charge on any atom is 0.331 e. The van der Waals surface area contributed by atoms with E-state index in [0.29, 0.717) is 11.4 Å². The van der Waals surface area contributed by atoms with Gasteiger partial charge in [-0.15, -0.1) is 11.3 Å². The van der Waals surface area contributed by atoms with E-state index in [1.807, 2.05) is 66.0 Å². The molecular weight excluding hydrogens is 398 g/mol. The molecule has 2 aromatic carbocycles. The highest BCUT2D eigenvalue weighted by Gasteiger charge is 2.06. The molecule has 0 saturated carbocycles. The van der Waals surface area contributed by atoms with Gasteiger partial charge in [0.05, 0.1) is 24.0 Å². The maximum absolute atomic E-state index is 12.0. The summed E-state index contributed by atoms with van der Waals surface area (Å²) in [5.41, 5.74) is 3.17. The number of benzene rings is 2. The number of fused-ring (bicyclic) bond motifs is 1. The van der Waals surface area contributed by atoms with Crippen molar-refractivity contribution >= 4 is 45.1 Å².